The van der Waals surface area contributed by atoms with Crippen LogP contribution in [0, 0.1) is 0 Å². The van der Waals surface area contributed by atoms with Crippen molar-refractivity contribution < 1.29 is 0 Å². The highest BCUT2D eigenvalue weighted by Crippen LogP contribution is 2.16. The minimum Gasteiger partial charge on any atom is -0.389 e. The van der Waals surface area contributed by atoms with Crippen molar-refractivity contribution in [1.82, 2.24) is 4.98 Å². The Morgan fingerprint density at radius 2 is 2.12 bits per heavy atom. The lowest BCUT2D eigenvalue weighted by Gasteiger charge is -2.18. The third-order valence-corrected chi connectivity index (χ3v) is 3.35. The molecule has 0 amide bonds. The van der Waals surface area contributed by atoms with E-state index in [2.05, 4.69) is 15.3 Å². The van der Waals surface area contributed by atoms with E-state index in [0.717, 1.165) is 23.5 Å². The number of nitrogens with two attached hydrogens (primary N) is 1. The summed E-state index contributed by atoms with van der Waals surface area (Å²) in [4.78, 5) is 6.83. The fourth-order valence-corrected chi connectivity index (χ4v) is 2.22. The normalized spacial score (nSPS) is 10.2. The van der Waals surface area contributed by atoms with Crippen LogP contribution in [0.15, 0.2) is 35.2 Å². The molecule has 88 valence electrons. The van der Waals surface area contributed by atoms with Crippen LogP contribution >= 0.6 is 23.6 Å². The van der Waals surface area contributed by atoms with Gasteiger partial charge in [-0.3, -0.25) is 0 Å². The summed E-state index contributed by atoms with van der Waals surface area (Å²) >= 11 is 6.53. The fraction of sp³-hybridized carbons (Fsp3) is 0.167. The average molecular weight is 263 g/mol. The summed E-state index contributed by atoms with van der Waals surface area (Å²) < 4.78 is 0. The third kappa shape index (κ3) is 3.01. The smallest absolute Gasteiger partial charge is 0.103 e. The number of hydrogen-bond acceptors (Lipinski definition) is 4. The molecule has 0 bridgehead atoms. The average Bonchev–Trinajstić information content (AvgIpc) is 2.82. The predicted octanol–water partition coefficient (Wildman–Crippen LogP) is 2.41. The van der Waals surface area contributed by atoms with Crippen molar-refractivity contribution in [1.29, 1.82) is 0 Å². The first-order valence-electron chi connectivity index (χ1n) is 5.15. The van der Waals surface area contributed by atoms with E-state index in [0.29, 0.717) is 4.99 Å². The van der Waals surface area contributed by atoms with E-state index in [-0.39, 0.29) is 0 Å². The van der Waals surface area contributed by atoms with Gasteiger partial charge in [0.1, 0.15) is 4.99 Å². The molecule has 1 aromatic carbocycles. The maximum atomic E-state index is 5.56. The lowest BCUT2D eigenvalue weighted by Crippen LogP contribution is -2.17. The molecule has 0 unspecified atom stereocenters. The predicted molar refractivity (Wildman–Crippen MR) is 76.6 cm³/mol. The van der Waals surface area contributed by atoms with Crippen LogP contribution in [0.3, 0.4) is 0 Å². The molecular formula is C12H13N3S2. The van der Waals surface area contributed by atoms with Gasteiger partial charge in [0, 0.05) is 23.7 Å². The van der Waals surface area contributed by atoms with E-state index >= 15 is 0 Å². The van der Waals surface area contributed by atoms with Gasteiger partial charge in [0.2, 0.25) is 0 Å². The number of rotatable bonds is 4. The Balaban J connectivity index is 2.09. The zero-order valence-corrected chi connectivity index (χ0v) is 11.1. The molecule has 0 spiro atoms. The standard InChI is InChI=1S/C12H13N3S2/c1-15(6-10-7-17-8-14-10)11-4-2-9(3-5-11)12(13)16/h2-5,7-8H,6H2,1H3,(H2,13,16). The number of hydrogen-bond donors (Lipinski definition) is 1. The van der Waals surface area contributed by atoms with Crippen molar-refractivity contribution in [2.75, 3.05) is 11.9 Å². The van der Waals surface area contributed by atoms with E-state index < -0.39 is 0 Å². The van der Waals surface area contributed by atoms with Gasteiger partial charge in [0.15, 0.2) is 0 Å². The quantitative estimate of drug-likeness (QED) is 0.860. The topological polar surface area (TPSA) is 42.2 Å². The van der Waals surface area contributed by atoms with Crippen molar-refractivity contribution in [3.63, 3.8) is 0 Å². The van der Waals surface area contributed by atoms with Gasteiger partial charge in [-0.2, -0.15) is 0 Å². The Bertz CT molecular complexity index is 491. The zero-order chi connectivity index (χ0) is 12.3. The van der Waals surface area contributed by atoms with Crippen LogP contribution in [0.2, 0.25) is 0 Å². The van der Waals surface area contributed by atoms with Crippen LogP contribution in [0.1, 0.15) is 11.3 Å². The van der Waals surface area contributed by atoms with E-state index in [9.17, 15) is 0 Å². The number of thiazole rings is 1. The highest BCUT2D eigenvalue weighted by molar-refractivity contribution is 7.80. The van der Waals surface area contributed by atoms with Crippen molar-refractivity contribution in [3.8, 4) is 0 Å². The minimum atomic E-state index is 0.429. The van der Waals surface area contributed by atoms with Gasteiger partial charge in [-0.15, -0.1) is 11.3 Å². The van der Waals surface area contributed by atoms with Gasteiger partial charge in [-0.25, -0.2) is 4.98 Å². The number of nitrogens with zero attached hydrogens (tertiary/aromatic N) is 2. The van der Waals surface area contributed by atoms with E-state index in [1.807, 2.05) is 36.8 Å². The summed E-state index contributed by atoms with van der Waals surface area (Å²) in [6.07, 6.45) is 0. The van der Waals surface area contributed by atoms with Crippen molar-refractivity contribution >= 4 is 34.2 Å². The lowest BCUT2D eigenvalue weighted by molar-refractivity contribution is 0.895. The SMILES string of the molecule is CN(Cc1cscn1)c1ccc(C(N)=S)cc1. The molecule has 0 aliphatic heterocycles. The summed E-state index contributed by atoms with van der Waals surface area (Å²) in [5.41, 5.74) is 10.5. The highest BCUT2D eigenvalue weighted by Gasteiger charge is 2.04. The van der Waals surface area contributed by atoms with Gasteiger partial charge < -0.3 is 10.6 Å². The molecule has 17 heavy (non-hydrogen) atoms. The summed E-state index contributed by atoms with van der Waals surface area (Å²) in [6, 6.07) is 7.91. The van der Waals surface area contributed by atoms with E-state index in [1.165, 1.54) is 0 Å². The molecule has 2 N–H and O–H groups in total. The second kappa shape index (κ2) is 5.25. The molecule has 2 aromatic rings. The molecule has 1 heterocycles. The van der Waals surface area contributed by atoms with Crippen LogP contribution in [0.5, 0.6) is 0 Å². The second-order valence-electron chi connectivity index (χ2n) is 3.75. The Morgan fingerprint density at radius 1 is 1.41 bits per heavy atom. The van der Waals surface area contributed by atoms with Crippen molar-refractivity contribution in [2.24, 2.45) is 5.73 Å². The molecule has 0 fully saturated rings. The first-order chi connectivity index (χ1) is 8.16. The summed E-state index contributed by atoms with van der Waals surface area (Å²) in [5, 5.41) is 2.06. The first kappa shape index (κ1) is 12.0. The Labute approximate surface area is 110 Å². The van der Waals surface area contributed by atoms with Gasteiger partial charge in [-0.1, -0.05) is 12.2 Å². The maximum Gasteiger partial charge on any atom is 0.103 e. The maximum absolute atomic E-state index is 5.56. The fourth-order valence-electron chi connectivity index (χ4n) is 1.53. The Kier molecular flexibility index (Phi) is 3.71. The van der Waals surface area contributed by atoms with Gasteiger partial charge in [0.05, 0.1) is 17.7 Å². The molecule has 2 rings (SSSR count). The first-order valence-corrected chi connectivity index (χ1v) is 6.50. The molecule has 0 atom stereocenters. The van der Waals surface area contributed by atoms with Crippen LogP contribution < -0.4 is 10.6 Å². The van der Waals surface area contributed by atoms with E-state index in [1.54, 1.807) is 11.3 Å². The molecule has 0 radical (unpaired) electrons. The van der Waals surface area contributed by atoms with Crippen molar-refractivity contribution in [2.45, 2.75) is 6.54 Å². The monoisotopic (exact) mass is 263 g/mol. The largest absolute Gasteiger partial charge is 0.389 e. The molecule has 5 heteroatoms. The van der Waals surface area contributed by atoms with Crippen LogP contribution in [0.4, 0.5) is 5.69 Å². The second-order valence-corrected chi connectivity index (χ2v) is 4.91. The Hall–Kier alpha value is -1.46. The molecule has 0 aliphatic rings. The van der Waals surface area contributed by atoms with Crippen LogP contribution in [0.25, 0.3) is 0 Å². The molecular weight excluding hydrogens is 250 g/mol. The lowest BCUT2D eigenvalue weighted by atomic mass is 10.2. The summed E-state index contributed by atoms with van der Waals surface area (Å²) in [6.45, 7) is 0.802. The Morgan fingerprint density at radius 3 is 2.65 bits per heavy atom. The van der Waals surface area contributed by atoms with Crippen molar-refractivity contribution in [3.05, 3.63) is 46.4 Å². The number of thiocarbonyl (C=S) groups is 1. The van der Waals surface area contributed by atoms with Crippen LogP contribution in [-0.4, -0.2) is 17.0 Å². The minimum absolute atomic E-state index is 0.429. The molecule has 3 nitrogen and oxygen atoms in total. The third-order valence-electron chi connectivity index (χ3n) is 2.48. The zero-order valence-electron chi connectivity index (χ0n) is 9.46. The van der Waals surface area contributed by atoms with Crippen LogP contribution in [-0.2, 0) is 6.54 Å². The number of aromatic nitrogens is 1. The number of benzene rings is 1. The van der Waals surface area contributed by atoms with Gasteiger partial charge in [-0.05, 0) is 24.3 Å². The number of anilines is 1. The molecule has 0 saturated carbocycles. The summed E-state index contributed by atoms with van der Waals surface area (Å²) in [7, 11) is 2.04. The summed E-state index contributed by atoms with van der Waals surface area (Å²) in [5.74, 6) is 0. The van der Waals surface area contributed by atoms with Gasteiger partial charge in [0.25, 0.3) is 0 Å². The van der Waals surface area contributed by atoms with Gasteiger partial charge >= 0.3 is 0 Å². The van der Waals surface area contributed by atoms with E-state index in [4.69, 9.17) is 18.0 Å². The highest BCUT2D eigenvalue weighted by atomic mass is 32.1. The molecule has 0 saturated heterocycles. The molecule has 1 aromatic heterocycles. The molecule has 0 aliphatic carbocycles.